The van der Waals surface area contributed by atoms with Crippen molar-refractivity contribution >= 4 is 0 Å². The van der Waals surface area contributed by atoms with Gasteiger partial charge in [-0.2, -0.15) is 0 Å². The van der Waals surface area contributed by atoms with Crippen molar-refractivity contribution in [1.82, 2.24) is 0 Å². The molecule has 1 nitrogen and oxygen atoms in total. The van der Waals surface area contributed by atoms with E-state index >= 15 is 0 Å². The summed E-state index contributed by atoms with van der Waals surface area (Å²) in [5.41, 5.74) is 0. The van der Waals surface area contributed by atoms with E-state index in [2.05, 4.69) is 20.8 Å². The van der Waals surface area contributed by atoms with E-state index in [1.807, 2.05) is 0 Å². The van der Waals surface area contributed by atoms with Crippen molar-refractivity contribution in [3.8, 4) is 0 Å². The van der Waals surface area contributed by atoms with Crippen LogP contribution in [0.15, 0.2) is 0 Å². The van der Waals surface area contributed by atoms with E-state index in [-0.39, 0.29) is 33.6 Å². The molecule has 2 fully saturated rings. The van der Waals surface area contributed by atoms with Gasteiger partial charge in [0, 0.05) is 21.4 Å². The average Bonchev–Trinajstić information content (AvgIpc) is 2.78. The molecule has 1 unspecified atom stereocenters. The molecule has 0 aromatic rings. The van der Waals surface area contributed by atoms with Crippen molar-refractivity contribution < 1.29 is 31.3 Å². The summed E-state index contributed by atoms with van der Waals surface area (Å²) in [6, 6.07) is 0. The van der Waals surface area contributed by atoms with Gasteiger partial charge in [-0.1, -0.05) is 85.0 Å². The summed E-state index contributed by atoms with van der Waals surface area (Å²) < 4.78 is 11.4. The first-order chi connectivity index (χ1) is 11.2. The Morgan fingerprint density at radius 3 is 1.72 bits per heavy atom. The van der Waals surface area contributed by atoms with E-state index in [0.29, 0.717) is 0 Å². The van der Waals surface area contributed by atoms with Crippen molar-refractivity contribution in [2.75, 3.05) is 6.67 Å². The Kier molecular flexibility index (Phi) is 19.8. The maximum atomic E-state index is 11.4. The molecule has 0 aromatic carbocycles. The first-order valence-corrected chi connectivity index (χ1v) is 10.7. The summed E-state index contributed by atoms with van der Waals surface area (Å²) in [6.07, 6.45) is 19.3. The van der Waals surface area contributed by atoms with E-state index < -0.39 is 0 Å². The van der Waals surface area contributed by atoms with E-state index in [4.69, 9.17) is 0 Å². The maximum Gasteiger partial charge on any atom is 0.0894 e. The fraction of sp³-hybridized carbons (Fsp3) is 1.00. The van der Waals surface area contributed by atoms with Gasteiger partial charge in [-0.25, -0.2) is 0 Å². The first kappa shape index (κ1) is 27.7. The van der Waals surface area contributed by atoms with E-state index in [1.165, 1.54) is 51.4 Å². The maximum absolute atomic E-state index is 11.4. The molecule has 2 aliphatic carbocycles. The summed E-state index contributed by atoms with van der Waals surface area (Å²) in [4.78, 5) is 0. The monoisotopic (exact) mass is 399 g/mol. The van der Waals surface area contributed by atoms with Gasteiger partial charge in [0.1, 0.15) is 0 Å². The van der Waals surface area contributed by atoms with Gasteiger partial charge < -0.3 is 5.48 Å². The summed E-state index contributed by atoms with van der Waals surface area (Å²) >= 11 is 0. The molecule has 0 bridgehead atoms. The first-order valence-electron chi connectivity index (χ1n) is 10.7. The van der Waals surface area contributed by atoms with Crippen LogP contribution in [0, 0.1) is 23.7 Å². The summed E-state index contributed by atoms with van der Waals surface area (Å²) in [5, 5.41) is 0. The van der Waals surface area contributed by atoms with Crippen LogP contribution in [0.1, 0.15) is 114 Å². The zero-order valence-corrected chi connectivity index (χ0v) is 18.6. The minimum Gasteiger partial charge on any atom is -0.412 e. The van der Waals surface area contributed by atoms with Gasteiger partial charge in [-0.15, -0.1) is 0 Å². The molecule has 2 atom stereocenters. The van der Waals surface area contributed by atoms with Crippen LogP contribution < -0.4 is 0 Å². The van der Waals surface area contributed by atoms with Crippen LogP contribution in [0.3, 0.4) is 0 Å². The van der Waals surface area contributed by atoms with Crippen molar-refractivity contribution in [2.45, 2.75) is 111 Å². The Morgan fingerprint density at radius 1 is 0.720 bits per heavy atom. The number of alkyl halides is 1. The molecular weight excluding hydrogens is 350 g/mol. The average molecular weight is 400 g/mol. The zero-order valence-electron chi connectivity index (χ0n) is 17.2. The largest absolute Gasteiger partial charge is 0.412 e. The molecule has 155 valence electrons. The predicted octanol–water partition coefficient (Wildman–Crippen LogP) is 7.62. The Labute approximate surface area is 172 Å². The number of halogens is 1. The molecular formula is C22H49FOV. The minimum absolute atomic E-state index is 0. The topological polar surface area (TPSA) is 31.5 Å². The van der Waals surface area contributed by atoms with Gasteiger partial charge in [0.25, 0.3) is 0 Å². The van der Waals surface area contributed by atoms with E-state index in [0.717, 1.165) is 36.5 Å². The number of rotatable bonds is 6. The van der Waals surface area contributed by atoms with Crippen LogP contribution in [0.5, 0.6) is 0 Å². The zero-order chi connectivity index (χ0) is 16.9. The van der Waals surface area contributed by atoms with Crippen molar-refractivity contribution in [3.63, 3.8) is 0 Å². The molecule has 1 radical (unpaired) electrons. The quantitative estimate of drug-likeness (QED) is 0.325. The van der Waals surface area contributed by atoms with Crippen LogP contribution >= 0.6 is 0 Å². The second-order valence-electron chi connectivity index (χ2n) is 8.50. The third-order valence-corrected chi connectivity index (χ3v) is 6.27. The smallest absolute Gasteiger partial charge is 0.0894 e. The number of hydrogen-bond donors (Lipinski definition) is 0. The van der Waals surface area contributed by atoms with Gasteiger partial charge in [0.2, 0.25) is 0 Å². The van der Waals surface area contributed by atoms with Gasteiger partial charge in [-0.05, 0) is 49.4 Å². The summed E-state index contributed by atoms with van der Waals surface area (Å²) in [7, 11) is 0. The molecule has 0 heterocycles. The Hall–Kier alpha value is 0.474. The Balaban J connectivity index is -0.000000196. The normalized spacial score (nSPS) is 29.3. The van der Waals surface area contributed by atoms with E-state index in [1.54, 1.807) is 25.7 Å². The molecule has 25 heavy (non-hydrogen) atoms. The minimum atomic E-state index is -0.135. The fourth-order valence-electron chi connectivity index (χ4n) is 4.44. The summed E-state index contributed by atoms with van der Waals surface area (Å²) in [6.45, 7) is 6.91. The second-order valence-corrected chi connectivity index (χ2v) is 8.50. The van der Waals surface area contributed by atoms with Crippen LogP contribution in [-0.4, -0.2) is 12.2 Å². The van der Waals surface area contributed by atoms with Crippen molar-refractivity contribution in [1.29, 1.82) is 0 Å². The molecule has 3 heteroatoms. The SMILES string of the molecule is CC1CCC(C2CCC[C@H](C)CC2)CC1.CCCCCCCF.O.[HH].[HH].[V]. The van der Waals surface area contributed by atoms with Gasteiger partial charge in [0.05, 0.1) is 6.67 Å². The molecule has 2 N–H and O–H groups in total. The second kappa shape index (κ2) is 17.9. The van der Waals surface area contributed by atoms with Crippen molar-refractivity contribution in [2.24, 2.45) is 23.7 Å². The van der Waals surface area contributed by atoms with Gasteiger partial charge in [-0.3, -0.25) is 4.39 Å². The third kappa shape index (κ3) is 13.3. The molecule has 0 amide bonds. The van der Waals surface area contributed by atoms with Crippen LogP contribution in [0.2, 0.25) is 0 Å². The van der Waals surface area contributed by atoms with Crippen LogP contribution in [0.25, 0.3) is 0 Å². The van der Waals surface area contributed by atoms with Crippen LogP contribution in [-0.2, 0) is 18.6 Å². The third-order valence-electron chi connectivity index (χ3n) is 6.27. The standard InChI is InChI=1S/C15H28.C7H15F.H2O.V.2H2/c1-12-4-3-5-14(9-6-12)15-10-7-13(2)8-11-15;1-2-3-4-5-6-7-8;;;;/h12-15H,3-11H2,1-2H3;2-7H2,1H3;1H2;;2*1H/t12-,13?,14?,15?;;;;;/m0...../s1. The van der Waals surface area contributed by atoms with Crippen LogP contribution in [0.4, 0.5) is 4.39 Å². The summed E-state index contributed by atoms with van der Waals surface area (Å²) in [5.74, 6) is 4.23. The number of unbranched alkanes of at least 4 members (excludes halogenated alkanes) is 4. The number of hydrogen-bond acceptors (Lipinski definition) is 0. The van der Waals surface area contributed by atoms with Gasteiger partial charge in [0.15, 0.2) is 0 Å². The molecule has 2 rings (SSSR count). The van der Waals surface area contributed by atoms with Gasteiger partial charge >= 0.3 is 0 Å². The molecule has 0 aromatic heterocycles. The molecule has 2 aliphatic rings. The molecule has 2 saturated carbocycles. The van der Waals surface area contributed by atoms with E-state index in [9.17, 15) is 4.39 Å². The Morgan fingerprint density at radius 2 is 1.20 bits per heavy atom. The Bertz CT molecular complexity index is 271. The fourth-order valence-corrected chi connectivity index (χ4v) is 4.44. The predicted molar refractivity (Wildman–Crippen MR) is 109 cm³/mol. The molecule has 0 spiro atoms. The van der Waals surface area contributed by atoms with Crippen molar-refractivity contribution in [3.05, 3.63) is 0 Å². The molecule has 0 aliphatic heterocycles. The molecule has 0 saturated heterocycles.